The standard InChI is InChI=1S/C19H14N2O2/c22-18(13-6-2-1-3-7-13)20-17-14-10-4-8-12-9-5-11-15(16(12)14)19(23)21-17/h1-11,17H,(H,20,22)(H,21,23). The zero-order chi connectivity index (χ0) is 15.8. The minimum Gasteiger partial charge on any atom is -0.328 e. The zero-order valence-electron chi connectivity index (χ0n) is 12.2. The van der Waals surface area contributed by atoms with Crippen LogP contribution in [0.5, 0.6) is 0 Å². The van der Waals surface area contributed by atoms with Gasteiger partial charge in [0.05, 0.1) is 0 Å². The molecule has 1 unspecified atom stereocenters. The van der Waals surface area contributed by atoms with Gasteiger partial charge in [-0.05, 0) is 23.6 Å². The van der Waals surface area contributed by atoms with Crippen molar-refractivity contribution in [3.05, 3.63) is 83.4 Å². The third-order valence-electron chi connectivity index (χ3n) is 4.08. The maximum absolute atomic E-state index is 12.4. The van der Waals surface area contributed by atoms with E-state index in [4.69, 9.17) is 0 Å². The van der Waals surface area contributed by atoms with Crippen LogP contribution in [0.3, 0.4) is 0 Å². The monoisotopic (exact) mass is 302 g/mol. The summed E-state index contributed by atoms with van der Waals surface area (Å²) in [4.78, 5) is 24.7. The van der Waals surface area contributed by atoms with Crippen molar-refractivity contribution in [1.29, 1.82) is 0 Å². The van der Waals surface area contributed by atoms with Gasteiger partial charge in [0.2, 0.25) is 0 Å². The van der Waals surface area contributed by atoms with Gasteiger partial charge in [-0.3, -0.25) is 9.59 Å². The molecule has 0 aromatic heterocycles. The molecule has 4 nitrogen and oxygen atoms in total. The van der Waals surface area contributed by atoms with Gasteiger partial charge in [-0.2, -0.15) is 0 Å². The van der Waals surface area contributed by atoms with Gasteiger partial charge >= 0.3 is 0 Å². The summed E-state index contributed by atoms with van der Waals surface area (Å²) in [5.41, 5.74) is 2.11. The smallest absolute Gasteiger partial charge is 0.253 e. The number of amides is 2. The molecule has 0 saturated heterocycles. The summed E-state index contributed by atoms with van der Waals surface area (Å²) in [6.45, 7) is 0. The van der Waals surface area contributed by atoms with Crippen molar-refractivity contribution in [3.63, 3.8) is 0 Å². The number of benzene rings is 3. The number of carbonyl (C=O) groups excluding carboxylic acids is 2. The molecule has 23 heavy (non-hydrogen) atoms. The molecule has 112 valence electrons. The first kappa shape index (κ1) is 13.5. The molecule has 1 aliphatic rings. The van der Waals surface area contributed by atoms with Crippen molar-refractivity contribution in [2.75, 3.05) is 0 Å². The highest BCUT2D eigenvalue weighted by Gasteiger charge is 2.27. The van der Waals surface area contributed by atoms with Crippen LogP contribution in [0.15, 0.2) is 66.7 Å². The van der Waals surface area contributed by atoms with E-state index in [1.165, 1.54) is 0 Å². The summed E-state index contributed by atoms with van der Waals surface area (Å²) in [6, 6.07) is 20.4. The molecule has 0 radical (unpaired) electrons. The molecule has 0 bridgehead atoms. The zero-order valence-corrected chi connectivity index (χ0v) is 12.2. The lowest BCUT2D eigenvalue weighted by atomic mass is 9.94. The van der Waals surface area contributed by atoms with E-state index < -0.39 is 6.17 Å². The maximum Gasteiger partial charge on any atom is 0.253 e. The van der Waals surface area contributed by atoms with Gasteiger partial charge in [0.1, 0.15) is 6.17 Å². The SMILES string of the molecule is O=C(NC1NC(=O)c2cccc3cccc1c23)c1ccccc1. The number of nitrogens with one attached hydrogen (secondary N) is 2. The Balaban J connectivity index is 1.76. The Morgan fingerprint density at radius 2 is 1.65 bits per heavy atom. The van der Waals surface area contributed by atoms with Gasteiger partial charge in [0.25, 0.3) is 11.8 Å². The van der Waals surface area contributed by atoms with Crippen LogP contribution in [-0.4, -0.2) is 11.8 Å². The molecule has 3 aromatic rings. The molecule has 3 aromatic carbocycles. The summed E-state index contributed by atoms with van der Waals surface area (Å²) in [7, 11) is 0. The highest BCUT2D eigenvalue weighted by atomic mass is 16.2. The van der Waals surface area contributed by atoms with Crippen LogP contribution in [0.25, 0.3) is 10.8 Å². The van der Waals surface area contributed by atoms with Crippen molar-refractivity contribution in [2.24, 2.45) is 0 Å². The fraction of sp³-hybridized carbons (Fsp3) is 0.0526. The minimum absolute atomic E-state index is 0.173. The van der Waals surface area contributed by atoms with Crippen LogP contribution in [0.2, 0.25) is 0 Å². The van der Waals surface area contributed by atoms with Crippen molar-refractivity contribution in [1.82, 2.24) is 10.6 Å². The molecule has 0 fully saturated rings. The fourth-order valence-corrected chi connectivity index (χ4v) is 3.00. The molecule has 4 rings (SSSR count). The van der Waals surface area contributed by atoms with Crippen molar-refractivity contribution in [3.8, 4) is 0 Å². The topological polar surface area (TPSA) is 58.2 Å². The number of carbonyl (C=O) groups is 2. The molecule has 2 amide bonds. The van der Waals surface area contributed by atoms with Gasteiger partial charge in [-0.15, -0.1) is 0 Å². The van der Waals surface area contributed by atoms with Crippen molar-refractivity contribution >= 4 is 22.6 Å². The summed E-state index contributed by atoms with van der Waals surface area (Å²) >= 11 is 0. The van der Waals surface area contributed by atoms with Crippen LogP contribution >= 0.6 is 0 Å². The van der Waals surface area contributed by atoms with Crippen LogP contribution in [0.4, 0.5) is 0 Å². The van der Waals surface area contributed by atoms with Crippen molar-refractivity contribution < 1.29 is 9.59 Å². The van der Waals surface area contributed by atoms with Gasteiger partial charge in [-0.25, -0.2) is 0 Å². The number of hydrogen-bond donors (Lipinski definition) is 2. The van der Waals surface area contributed by atoms with Gasteiger partial charge in [0.15, 0.2) is 0 Å². The number of hydrogen-bond acceptors (Lipinski definition) is 2. The first-order chi connectivity index (χ1) is 11.2. The summed E-state index contributed by atoms with van der Waals surface area (Å²) in [5.74, 6) is -0.389. The van der Waals surface area contributed by atoms with Crippen LogP contribution in [-0.2, 0) is 0 Å². The van der Waals surface area contributed by atoms with E-state index in [1.807, 2.05) is 48.5 Å². The summed E-state index contributed by atoms with van der Waals surface area (Å²) < 4.78 is 0. The van der Waals surface area contributed by atoms with E-state index in [0.29, 0.717) is 11.1 Å². The lowest BCUT2D eigenvalue weighted by molar-refractivity contribution is 0.0880. The molecular formula is C19H14N2O2. The quantitative estimate of drug-likeness (QED) is 0.764. The van der Waals surface area contributed by atoms with E-state index in [-0.39, 0.29) is 11.8 Å². The molecule has 0 saturated carbocycles. The lowest BCUT2D eigenvalue weighted by Gasteiger charge is -2.27. The Morgan fingerprint density at radius 3 is 2.43 bits per heavy atom. The average molecular weight is 302 g/mol. The molecule has 0 spiro atoms. The largest absolute Gasteiger partial charge is 0.328 e. The predicted molar refractivity (Wildman–Crippen MR) is 88.1 cm³/mol. The van der Waals surface area contributed by atoms with Gasteiger partial charge in [0, 0.05) is 22.1 Å². The molecule has 1 aliphatic heterocycles. The van der Waals surface area contributed by atoms with Gasteiger partial charge < -0.3 is 10.6 Å². The average Bonchev–Trinajstić information content (AvgIpc) is 2.60. The van der Waals surface area contributed by atoms with Crippen LogP contribution < -0.4 is 10.6 Å². The van der Waals surface area contributed by atoms with E-state index in [0.717, 1.165) is 16.3 Å². The maximum atomic E-state index is 12.4. The Morgan fingerprint density at radius 1 is 0.913 bits per heavy atom. The summed E-state index contributed by atoms with van der Waals surface area (Å²) in [6.07, 6.45) is -0.534. The van der Waals surface area contributed by atoms with E-state index in [1.54, 1.807) is 18.2 Å². The Kier molecular flexibility index (Phi) is 3.08. The highest BCUT2D eigenvalue weighted by molar-refractivity contribution is 6.11. The first-order valence-corrected chi connectivity index (χ1v) is 7.42. The van der Waals surface area contributed by atoms with Crippen molar-refractivity contribution in [2.45, 2.75) is 6.17 Å². The first-order valence-electron chi connectivity index (χ1n) is 7.42. The Labute approximate surface area is 133 Å². The number of rotatable bonds is 2. The molecule has 2 N–H and O–H groups in total. The highest BCUT2D eigenvalue weighted by Crippen LogP contribution is 2.30. The second kappa shape index (κ2) is 5.25. The van der Waals surface area contributed by atoms with E-state index >= 15 is 0 Å². The fourth-order valence-electron chi connectivity index (χ4n) is 3.00. The third kappa shape index (κ3) is 2.25. The third-order valence-corrected chi connectivity index (χ3v) is 4.08. The summed E-state index contributed by atoms with van der Waals surface area (Å²) in [5, 5.41) is 7.65. The predicted octanol–water partition coefficient (Wildman–Crippen LogP) is 3.01. The van der Waals surface area contributed by atoms with Gasteiger partial charge in [-0.1, -0.05) is 48.5 Å². The second-order valence-corrected chi connectivity index (χ2v) is 5.50. The van der Waals surface area contributed by atoms with E-state index in [9.17, 15) is 9.59 Å². The normalized spacial score (nSPS) is 16.0. The molecule has 1 atom stereocenters. The Bertz CT molecular complexity index is 914. The molecular weight excluding hydrogens is 288 g/mol. The second-order valence-electron chi connectivity index (χ2n) is 5.50. The molecule has 1 heterocycles. The lowest BCUT2D eigenvalue weighted by Crippen LogP contribution is -2.43. The molecule has 0 aliphatic carbocycles. The van der Waals surface area contributed by atoms with Crippen LogP contribution in [0, 0.1) is 0 Å². The van der Waals surface area contributed by atoms with Crippen LogP contribution in [0.1, 0.15) is 32.4 Å². The minimum atomic E-state index is -0.534. The van der Waals surface area contributed by atoms with E-state index in [2.05, 4.69) is 10.6 Å². The Hall–Kier alpha value is -3.14. The molecule has 4 heteroatoms.